The fourth-order valence-electron chi connectivity index (χ4n) is 3.30. The van der Waals surface area contributed by atoms with Crippen LogP contribution >= 0.6 is 0 Å². The number of aromatic nitrogens is 5. The molecule has 0 radical (unpaired) electrons. The van der Waals surface area contributed by atoms with Gasteiger partial charge in [0.15, 0.2) is 5.82 Å². The molecule has 0 aliphatic heterocycles. The second kappa shape index (κ2) is 7.99. The molecule has 3 rings (SSSR count). The van der Waals surface area contributed by atoms with Gasteiger partial charge < -0.3 is 5.32 Å². The van der Waals surface area contributed by atoms with Crippen LogP contribution in [0.5, 0.6) is 0 Å². The van der Waals surface area contributed by atoms with Gasteiger partial charge in [0.2, 0.25) is 5.91 Å². The quantitative estimate of drug-likeness (QED) is 0.881. The van der Waals surface area contributed by atoms with E-state index in [-0.39, 0.29) is 11.8 Å². The highest BCUT2D eigenvalue weighted by atomic mass is 16.1. The van der Waals surface area contributed by atoms with Crippen LogP contribution in [0.3, 0.4) is 0 Å². The van der Waals surface area contributed by atoms with Gasteiger partial charge in [-0.3, -0.25) is 4.79 Å². The molecule has 2 aromatic rings. The van der Waals surface area contributed by atoms with Crippen molar-refractivity contribution in [2.24, 2.45) is 11.8 Å². The van der Waals surface area contributed by atoms with Crippen LogP contribution in [0.15, 0.2) is 25.0 Å². The Hall–Kier alpha value is -2.31. The lowest BCUT2D eigenvalue weighted by atomic mass is 9.79. The third kappa shape index (κ3) is 4.15. The summed E-state index contributed by atoms with van der Waals surface area (Å²) >= 11 is 0. The lowest BCUT2D eigenvalue weighted by molar-refractivity contribution is -0.121. The average Bonchev–Trinajstić information content (AvgIpc) is 3.15. The van der Waals surface area contributed by atoms with Gasteiger partial charge in [0.1, 0.15) is 24.8 Å². The predicted molar refractivity (Wildman–Crippen MR) is 90.6 cm³/mol. The number of nitrogens with zero attached hydrogens (tertiary/aromatic N) is 5. The summed E-state index contributed by atoms with van der Waals surface area (Å²) in [6, 6.07) is 1.71. The first-order chi connectivity index (χ1) is 11.8. The number of rotatable bonds is 6. The van der Waals surface area contributed by atoms with Crippen molar-refractivity contribution in [1.82, 2.24) is 24.7 Å². The second-order valence-corrected chi connectivity index (χ2v) is 6.45. The van der Waals surface area contributed by atoms with Crippen LogP contribution in [0.1, 0.15) is 51.9 Å². The Kier molecular flexibility index (Phi) is 5.51. The Balaban J connectivity index is 1.55. The van der Waals surface area contributed by atoms with E-state index in [0.717, 1.165) is 31.6 Å². The van der Waals surface area contributed by atoms with Crippen LogP contribution < -0.4 is 5.32 Å². The molecule has 0 atom stereocenters. The van der Waals surface area contributed by atoms with Crippen molar-refractivity contribution in [3.63, 3.8) is 0 Å². The molecular formula is C17H24N6O. The Morgan fingerprint density at radius 1 is 1.25 bits per heavy atom. The molecule has 0 unspecified atom stereocenters. The van der Waals surface area contributed by atoms with Crippen LogP contribution in [-0.2, 0) is 4.79 Å². The number of amides is 1. The van der Waals surface area contributed by atoms with E-state index in [1.165, 1.54) is 36.6 Å². The van der Waals surface area contributed by atoms with Crippen LogP contribution in [0.2, 0.25) is 0 Å². The molecule has 1 amide bonds. The summed E-state index contributed by atoms with van der Waals surface area (Å²) in [6.07, 6.45) is 12.5. The normalized spacial score (nSPS) is 20.7. The SMILES string of the molecule is CCCCC1CCC(C(=O)Nc2cc(-n3cncn3)ncn2)CC1. The zero-order valence-electron chi connectivity index (χ0n) is 14.1. The van der Waals surface area contributed by atoms with Gasteiger partial charge in [-0.25, -0.2) is 19.6 Å². The summed E-state index contributed by atoms with van der Waals surface area (Å²) in [4.78, 5) is 24.6. The molecule has 1 aliphatic carbocycles. The predicted octanol–water partition coefficient (Wildman–Crippen LogP) is 2.99. The lowest BCUT2D eigenvalue weighted by Gasteiger charge is -2.27. The monoisotopic (exact) mass is 328 g/mol. The molecule has 1 N–H and O–H groups in total. The third-order valence-corrected chi connectivity index (χ3v) is 4.74. The highest BCUT2D eigenvalue weighted by Crippen LogP contribution is 2.32. The van der Waals surface area contributed by atoms with Crippen molar-refractivity contribution in [1.29, 1.82) is 0 Å². The molecule has 0 saturated heterocycles. The maximum atomic E-state index is 12.5. The number of unbranched alkanes of at least 4 members (excludes halogenated alkanes) is 1. The van der Waals surface area contributed by atoms with Gasteiger partial charge in [0.05, 0.1) is 0 Å². The van der Waals surface area contributed by atoms with Crippen LogP contribution in [0, 0.1) is 11.8 Å². The molecule has 1 fully saturated rings. The minimum atomic E-state index is 0.0622. The minimum absolute atomic E-state index is 0.0622. The zero-order valence-corrected chi connectivity index (χ0v) is 14.1. The maximum absolute atomic E-state index is 12.5. The highest BCUT2D eigenvalue weighted by Gasteiger charge is 2.26. The number of nitrogens with one attached hydrogen (secondary N) is 1. The molecule has 7 nitrogen and oxygen atoms in total. The van der Waals surface area contributed by atoms with Crippen LogP contribution in [-0.4, -0.2) is 30.6 Å². The molecule has 2 aromatic heterocycles. The number of anilines is 1. The van der Waals surface area contributed by atoms with E-state index in [4.69, 9.17) is 0 Å². The van der Waals surface area contributed by atoms with Gasteiger partial charge in [-0.1, -0.05) is 26.2 Å². The van der Waals surface area contributed by atoms with Crippen molar-refractivity contribution in [3.8, 4) is 5.82 Å². The van der Waals surface area contributed by atoms with Gasteiger partial charge in [0, 0.05) is 12.0 Å². The first kappa shape index (κ1) is 16.5. The summed E-state index contributed by atoms with van der Waals surface area (Å²) in [5.41, 5.74) is 0. The first-order valence-electron chi connectivity index (χ1n) is 8.74. The van der Waals surface area contributed by atoms with Crippen molar-refractivity contribution >= 4 is 11.7 Å². The minimum Gasteiger partial charge on any atom is -0.310 e. The first-order valence-corrected chi connectivity index (χ1v) is 8.74. The Bertz CT molecular complexity index is 649. The molecular weight excluding hydrogens is 304 g/mol. The molecule has 0 spiro atoms. The summed E-state index contributed by atoms with van der Waals surface area (Å²) in [5, 5.41) is 6.95. The summed E-state index contributed by atoms with van der Waals surface area (Å²) in [6.45, 7) is 2.23. The van der Waals surface area contributed by atoms with Crippen LogP contribution in [0.4, 0.5) is 5.82 Å². The number of hydrogen-bond donors (Lipinski definition) is 1. The summed E-state index contributed by atoms with van der Waals surface area (Å²) in [7, 11) is 0. The highest BCUT2D eigenvalue weighted by molar-refractivity contribution is 5.91. The Morgan fingerprint density at radius 2 is 2.08 bits per heavy atom. The molecule has 7 heteroatoms. The van der Waals surface area contributed by atoms with E-state index in [9.17, 15) is 4.79 Å². The summed E-state index contributed by atoms with van der Waals surface area (Å²) in [5.74, 6) is 2.04. The van der Waals surface area contributed by atoms with E-state index < -0.39 is 0 Å². The fourth-order valence-corrected chi connectivity index (χ4v) is 3.30. The van der Waals surface area contributed by atoms with Crippen molar-refractivity contribution in [2.75, 3.05) is 5.32 Å². The lowest BCUT2D eigenvalue weighted by Crippen LogP contribution is -2.27. The van der Waals surface area contributed by atoms with Crippen LogP contribution in [0.25, 0.3) is 5.82 Å². The van der Waals surface area contributed by atoms with E-state index in [2.05, 4.69) is 32.3 Å². The van der Waals surface area contributed by atoms with Gasteiger partial charge in [-0.2, -0.15) is 5.10 Å². The molecule has 1 saturated carbocycles. The third-order valence-electron chi connectivity index (χ3n) is 4.74. The molecule has 2 heterocycles. The largest absolute Gasteiger partial charge is 0.310 e. The molecule has 24 heavy (non-hydrogen) atoms. The van der Waals surface area contributed by atoms with Gasteiger partial charge in [0.25, 0.3) is 0 Å². The van der Waals surface area contributed by atoms with E-state index in [1.54, 1.807) is 12.4 Å². The van der Waals surface area contributed by atoms with E-state index in [0.29, 0.717) is 11.6 Å². The molecule has 0 bridgehead atoms. The van der Waals surface area contributed by atoms with Crippen molar-refractivity contribution in [2.45, 2.75) is 51.9 Å². The Morgan fingerprint density at radius 3 is 2.79 bits per heavy atom. The topological polar surface area (TPSA) is 85.6 Å². The molecule has 128 valence electrons. The van der Waals surface area contributed by atoms with Gasteiger partial charge in [-0.15, -0.1) is 0 Å². The molecule has 0 aromatic carbocycles. The number of carbonyl (C=O) groups excluding carboxylic acids is 1. The average molecular weight is 328 g/mol. The number of hydrogen-bond acceptors (Lipinski definition) is 5. The van der Waals surface area contributed by atoms with E-state index in [1.807, 2.05) is 0 Å². The number of carbonyl (C=O) groups is 1. The van der Waals surface area contributed by atoms with Crippen molar-refractivity contribution < 1.29 is 4.79 Å². The molecule has 1 aliphatic rings. The standard InChI is InChI=1S/C17H24N6O/c1-2-3-4-13-5-7-14(8-6-13)17(24)22-15-9-16(20-11-19-15)23-12-18-10-21-23/h9-14H,2-8H2,1H3,(H,19,20,22,24). The summed E-state index contributed by atoms with van der Waals surface area (Å²) < 4.78 is 1.54. The van der Waals surface area contributed by atoms with Gasteiger partial charge in [-0.05, 0) is 31.6 Å². The maximum Gasteiger partial charge on any atom is 0.228 e. The van der Waals surface area contributed by atoms with E-state index >= 15 is 0 Å². The zero-order chi connectivity index (χ0) is 16.8. The van der Waals surface area contributed by atoms with Crippen molar-refractivity contribution in [3.05, 3.63) is 25.0 Å². The Labute approximate surface area is 141 Å². The van der Waals surface area contributed by atoms with Gasteiger partial charge >= 0.3 is 0 Å². The fraction of sp³-hybridized carbons (Fsp3) is 0.588. The smallest absolute Gasteiger partial charge is 0.228 e. The second-order valence-electron chi connectivity index (χ2n) is 6.45.